The van der Waals surface area contributed by atoms with Gasteiger partial charge < -0.3 is 10.2 Å². The van der Waals surface area contributed by atoms with Gasteiger partial charge in [-0.25, -0.2) is 8.42 Å². The van der Waals surface area contributed by atoms with Crippen LogP contribution in [0, 0.1) is 0 Å². The maximum atomic E-state index is 12.1. The molecular formula is C13H28N2O2S. The average molecular weight is 276 g/mol. The zero-order chi connectivity index (χ0) is 13.4. The van der Waals surface area contributed by atoms with Gasteiger partial charge >= 0.3 is 0 Å². The van der Waals surface area contributed by atoms with Gasteiger partial charge in [-0.15, -0.1) is 0 Å². The fourth-order valence-electron chi connectivity index (χ4n) is 2.45. The first-order valence-electron chi connectivity index (χ1n) is 7.09. The molecule has 1 fully saturated rings. The van der Waals surface area contributed by atoms with Crippen molar-refractivity contribution in [3.05, 3.63) is 0 Å². The first-order chi connectivity index (χ1) is 8.52. The van der Waals surface area contributed by atoms with E-state index >= 15 is 0 Å². The first kappa shape index (κ1) is 15.9. The molecule has 1 aliphatic carbocycles. The monoisotopic (exact) mass is 276 g/mol. The summed E-state index contributed by atoms with van der Waals surface area (Å²) >= 11 is 0. The van der Waals surface area contributed by atoms with Crippen LogP contribution in [-0.4, -0.2) is 58.1 Å². The molecule has 1 saturated carbocycles. The Balaban J connectivity index is 2.13. The molecule has 0 saturated heterocycles. The van der Waals surface area contributed by atoms with Gasteiger partial charge in [-0.3, -0.25) is 0 Å². The largest absolute Gasteiger partial charge is 0.316 e. The lowest BCUT2D eigenvalue weighted by atomic mass is 10.0. The van der Waals surface area contributed by atoms with Gasteiger partial charge in [-0.05, 0) is 46.4 Å². The molecule has 0 atom stereocenters. The van der Waals surface area contributed by atoms with Gasteiger partial charge in [0, 0.05) is 6.54 Å². The Morgan fingerprint density at radius 2 is 1.78 bits per heavy atom. The van der Waals surface area contributed by atoms with Crippen LogP contribution in [0.5, 0.6) is 0 Å². The van der Waals surface area contributed by atoms with Crippen LogP contribution in [-0.2, 0) is 9.84 Å². The predicted molar refractivity (Wildman–Crippen MR) is 76.7 cm³/mol. The predicted octanol–water partition coefficient (Wildman–Crippen LogP) is 1.28. The highest BCUT2D eigenvalue weighted by molar-refractivity contribution is 7.92. The molecule has 0 unspecified atom stereocenters. The van der Waals surface area contributed by atoms with Gasteiger partial charge in [0.25, 0.3) is 0 Å². The van der Waals surface area contributed by atoms with E-state index < -0.39 is 9.84 Å². The Hall–Kier alpha value is -0.130. The summed E-state index contributed by atoms with van der Waals surface area (Å²) < 4.78 is 24.2. The van der Waals surface area contributed by atoms with Gasteiger partial charge in [0.05, 0.1) is 11.0 Å². The van der Waals surface area contributed by atoms with Gasteiger partial charge in [-0.2, -0.15) is 0 Å². The van der Waals surface area contributed by atoms with E-state index in [4.69, 9.17) is 0 Å². The summed E-state index contributed by atoms with van der Waals surface area (Å²) in [6, 6.07) is 0. The SMILES string of the molecule is CN(C)CCCNCCS(=O)(=O)C1CCCCC1. The third-order valence-electron chi connectivity index (χ3n) is 3.58. The molecule has 0 heterocycles. The Bertz CT molecular complexity index is 309. The molecule has 0 amide bonds. The third-order valence-corrected chi connectivity index (χ3v) is 5.84. The zero-order valence-corrected chi connectivity index (χ0v) is 12.6. The molecule has 0 aromatic rings. The molecule has 0 aromatic carbocycles. The van der Waals surface area contributed by atoms with E-state index in [1.807, 2.05) is 14.1 Å². The average Bonchev–Trinajstić information content (AvgIpc) is 2.34. The third kappa shape index (κ3) is 6.16. The second kappa shape index (κ2) is 8.12. The van der Waals surface area contributed by atoms with Crippen molar-refractivity contribution in [3.63, 3.8) is 0 Å². The van der Waals surface area contributed by atoms with Crippen molar-refractivity contribution < 1.29 is 8.42 Å². The van der Waals surface area contributed by atoms with Crippen LogP contribution in [0.4, 0.5) is 0 Å². The van der Waals surface area contributed by atoms with E-state index in [0.717, 1.165) is 45.2 Å². The Morgan fingerprint density at radius 3 is 2.39 bits per heavy atom. The lowest BCUT2D eigenvalue weighted by Gasteiger charge is -2.21. The topological polar surface area (TPSA) is 49.4 Å². The number of nitrogens with zero attached hydrogens (tertiary/aromatic N) is 1. The summed E-state index contributed by atoms with van der Waals surface area (Å²) in [5.41, 5.74) is 0. The van der Waals surface area contributed by atoms with Crippen molar-refractivity contribution in [2.45, 2.75) is 43.8 Å². The Kier molecular flexibility index (Phi) is 7.19. The lowest BCUT2D eigenvalue weighted by molar-refractivity contribution is 0.395. The number of hydrogen-bond donors (Lipinski definition) is 1. The highest BCUT2D eigenvalue weighted by atomic mass is 32.2. The molecule has 108 valence electrons. The number of sulfone groups is 1. The highest BCUT2D eigenvalue weighted by Gasteiger charge is 2.26. The minimum atomic E-state index is -2.86. The fourth-order valence-corrected chi connectivity index (χ4v) is 4.26. The molecule has 1 N–H and O–H groups in total. The van der Waals surface area contributed by atoms with E-state index in [1.54, 1.807) is 0 Å². The molecule has 1 aliphatic rings. The van der Waals surface area contributed by atoms with Crippen LogP contribution in [0.25, 0.3) is 0 Å². The van der Waals surface area contributed by atoms with Crippen LogP contribution in [0.3, 0.4) is 0 Å². The standard InChI is InChI=1S/C13H28N2O2S/c1-15(2)11-6-9-14-10-12-18(16,17)13-7-4-3-5-8-13/h13-14H,3-12H2,1-2H3. The van der Waals surface area contributed by atoms with Crippen molar-refractivity contribution in [2.24, 2.45) is 0 Å². The Labute approximate surface area is 112 Å². The summed E-state index contributed by atoms with van der Waals surface area (Å²) in [4.78, 5) is 2.14. The number of nitrogens with one attached hydrogen (secondary N) is 1. The minimum absolute atomic E-state index is 0.0603. The molecule has 4 nitrogen and oxygen atoms in total. The van der Waals surface area contributed by atoms with Crippen LogP contribution < -0.4 is 5.32 Å². The maximum absolute atomic E-state index is 12.1. The van der Waals surface area contributed by atoms with E-state index in [-0.39, 0.29) is 5.25 Å². The van der Waals surface area contributed by atoms with Crippen molar-refractivity contribution in [1.29, 1.82) is 0 Å². The lowest BCUT2D eigenvalue weighted by Crippen LogP contribution is -2.32. The van der Waals surface area contributed by atoms with Gasteiger partial charge in [0.2, 0.25) is 0 Å². The molecule has 1 rings (SSSR count). The summed E-state index contributed by atoms with van der Waals surface area (Å²) in [5, 5.41) is 3.17. The van der Waals surface area contributed by atoms with Crippen LogP contribution in [0.1, 0.15) is 38.5 Å². The molecule has 0 aromatic heterocycles. The van der Waals surface area contributed by atoms with Crippen LogP contribution >= 0.6 is 0 Å². The van der Waals surface area contributed by atoms with Gasteiger partial charge in [0.1, 0.15) is 0 Å². The van der Waals surface area contributed by atoms with Crippen LogP contribution in [0.15, 0.2) is 0 Å². The van der Waals surface area contributed by atoms with Crippen LogP contribution in [0.2, 0.25) is 0 Å². The minimum Gasteiger partial charge on any atom is -0.316 e. The molecule has 5 heteroatoms. The normalized spacial score (nSPS) is 18.4. The summed E-state index contributed by atoms with van der Waals surface area (Å²) in [5.74, 6) is 0.305. The van der Waals surface area contributed by atoms with E-state index in [1.165, 1.54) is 6.42 Å². The smallest absolute Gasteiger partial charge is 0.154 e. The molecule has 0 aliphatic heterocycles. The van der Waals surface area contributed by atoms with Gasteiger partial charge in [-0.1, -0.05) is 19.3 Å². The van der Waals surface area contributed by atoms with Crippen molar-refractivity contribution in [3.8, 4) is 0 Å². The fraction of sp³-hybridized carbons (Fsp3) is 1.00. The molecule has 0 spiro atoms. The summed E-state index contributed by atoms with van der Waals surface area (Å²) in [6.45, 7) is 2.55. The van der Waals surface area contributed by atoms with Gasteiger partial charge in [0.15, 0.2) is 9.84 Å². The maximum Gasteiger partial charge on any atom is 0.154 e. The summed E-state index contributed by atoms with van der Waals surface area (Å²) in [6.07, 6.45) is 6.19. The van der Waals surface area contributed by atoms with Crippen molar-refractivity contribution in [1.82, 2.24) is 10.2 Å². The van der Waals surface area contributed by atoms with E-state index in [2.05, 4.69) is 10.2 Å². The quantitative estimate of drug-likeness (QED) is 0.678. The summed E-state index contributed by atoms with van der Waals surface area (Å²) in [7, 11) is 1.24. The molecule has 18 heavy (non-hydrogen) atoms. The Morgan fingerprint density at radius 1 is 1.11 bits per heavy atom. The van der Waals surface area contributed by atoms with Crippen molar-refractivity contribution >= 4 is 9.84 Å². The number of rotatable bonds is 8. The molecule has 0 bridgehead atoms. The highest BCUT2D eigenvalue weighted by Crippen LogP contribution is 2.23. The number of hydrogen-bond acceptors (Lipinski definition) is 4. The van der Waals surface area contributed by atoms with E-state index in [9.17, 15) is 8.42 Å². The molecule has 0 radical (unpaired) electrons. The first-order valence-corrected chi connectivity index (χ1v) is 8.81. The second-order valence-corrected chi connectivity index (χ2v) is 7.93. The van der Waals surface area contributed by atoms with E-state index in [0.29, 0.717) is 12.3 Å². The second-order valence-electron chi connectivity index (χ2n) is 5.53. The van der Waals surface area contributed by atoms with Crippen molar-refractivity contribution in [2.75, 3.05) is 39.5 Å². The molecular weight excluding hydrogens is 248 g/mol. The zero-order valence-electron chi connectivity index (χ0n) is 11.8.